The smallest absolute Gasteiger partial charge is 0.191 e. The van der Waals surface area contributed by atoms with Gasteiger partial charge in [-0.1, -0.05) is 30.3 Å². The molecule has 1 unspecified atom stereocenters. The SMILES string of the molecule is CN=C(NCC1CCN(CCc2ccccc2)C1)NC(C)(C)C.I. The molecular formula is C19H33IN4. The molecule has 1 aliphatic rings. The number of guanidine groups is 1. The molecule has 1 aromatic rings. The lowest BCUT2D eigenvalue weighted by Gasteiger charge is -2.24. The highest BCUT2D eigenvalue weighted by Gasteiger charge is 2.22. The monoisotopic (exact) mass is 444 g/mol. The summed E-state index contributed by atoms with van der Waals surface area (Å²) in [5.74, 6) is 1.62. The van der Waals surface area contributed by atoms with Gasteiger partial charge < -0.3 is 15.5 Å². The van der Waals surface area contributed by atoms with E-state index in [9.17, 15) is 0 Å². The van der Waals surface area contributed by atoms with E-state index < -0.39 is 0 Å². The lowest BCUT2D eigenvalue weighted by Crippen LogP contribution is -2.48. The largest absolute Gasteiger partial charge is 0.356 e. The first-order valence-corrected chi connectivity index (χ1v) is 8.71. The number of halogens is 1. The minimum atomic E-state index is 0. The molecule has 1 aromatic carbocycles. The molecule has 1 heterocycles. The van der Waals surface area contributed by atoms with E-state index in [1.54, 1.807) is 0 Å². The summed E-state index contributed by atoms with van der Waals surface area (Å²) in [6.07, 6.45) is 2.42. The fraction of sp³-hybridized carbons (Fsp3) is 0.632. The highest BCUT2D eigenvalue weighted by Crippen LogP contribution is 2.16. The second kappa shape index (κ2) is 10.2. The summed E-state index contributed by atoms with van der Waals surface area (Å²) in [6, 6.07) is 10.8. The number of benzene rings is 1. The average molecular weight is 444 g/mol. The predicted molar refractivity (Wildman–Crippen MR) is 114 cm³/mol. The van der Waals surface area contributed by atoms with Crippen LogP contribution in [0.15, 0.2) is 35.3 Å². The predicted octanol–water partition coefficient (Wildman–Crippen LogP) is 3.13. The zero-order valence-corrected chi connectivity index (χ0v) is 17.8. The van der Waals surface area contributed by atoms with Crippen LogP contribution in [-0.4, -0.2) is 49.6 Å². The van der Waals surface area contributed by atoms with Crippen LogP contribution in [-0.2, 0) is 6.42 Å². The Morgan fingerprint density at radius 2 is 1.96 bits per heavy atom. The lowest BCUT2D eigenvalue weighted by molar-refractivity contribution is 0.328. The van der Waals surface area contributed by atoms with Crippen LogP contribution < -0.4 is 10.6 Å². The molecule has 0 spiro atoms. The highest BCUT2D eigenvalue weighted by atomic mass is 127. The first kappa shape index (κ1) is 21.2. The molecule has 1 fully saturated rings. The van der Waals surface area contributed by atoms with Crippen molar-refractivity contribution in [3.05, 3.63) is 35.9 Å². The van der Waals surface area contributed by atoms with Gasteiger partial charge in [0.1, 0.15) is 0 Å². The molecule has 4 nitrogen and oxygen atoms in total. The van der Waals surface area contributed by atoms with Crippen molar-refractivity contribution in [3.63, 3.8) is 0 Å². The number of nitrogens with one attached hydrogen (secondary N) is 2. The van der Waals surface area contributed by atoms with E-state index in [1.807, 2.05) is 7.05 Å². The Balaban J connectivity index is 0.00000288. The topological polar surface area (TPSA) is 39.7 Å². The van der Waals surface area contributed by atoms with Gasteiger partial charge >= 0.3 is 0 Å². The Labute approximate surface area is 164 Å². The summed E-state index contributed by atoms with van der Waals surface area (Å²) < 4.78 is 0. The van der Waals surface area contributed by atoms with Crippen molar-refractivity contribution in [3.8, 4) is 0 Å². The van der Waals surface area contributed by atoms with Gasteiger partial charge in [0, 0.05) is 32.2 Å². The molecule has 5 heteroatoms. The molecule has 0 amide bonds. The fourth-order valence-corrected chi connectivity index (χ4v) is 2.99. The maximum Gasteiger partial charge on any atom is 0.191 e. The molecule has 0 saturated carbocycles. The molecule has 1 atom stereocenters. The van der Waals surface area contributed by atoms with Crippen LogP contribution >= 0.6 is 24.0 Å². The lowest BCUT2D eigenvalue weighted by atomic mass is 10.1. The van der Waals surface area contributed by atoms with Crippen LogP contribution in [0, 0.1) is 5.92 Å². The third-order valence-electron chi connectivity index (χ3n) is 4.20. The van der Waals surface area contributed by atoms with Crippen LogP contribution in [0.2, 0.25) is 0 Å². The summed E-state index contributed by atoms with van der Waals surface area (Å²) >= 11 is 0. The van der Waals surface area contributed by atoms with Crippen LogP contribution in [0.25, 0.3) is 0 Å². The van der Waals surface area contributed by atoms with Crippen molar-refractivity contribution in [2.24, 2.45) is 10.9 Å². The van der Waals surface area contributed by atoms with Crippen LogP contribution in [0.3, 0.4) is 0 Å². The summed E-state index contributed by atoms with van der Waals surface area (Å²) in [4.78, 5) is 6.89. The Hall–Kier alpha value is -0.820. The van der Waals surface area contributed by atoms with E-state index in [0.29, 0.717) is 5.92 Å². The minimum Gasteiger partial charge on any atom is -0.356 e. The maximum atomic E-state index is 4.31. The number of nitrogens with zero attached hydrogens (tertiary/aromatic N) is 2. The standard InChI is InChI=1S/C19H32N4.HI/c1-19(2,3)22-18(20-4)21-14-17-11-13-23(15-17)12-10-16-8-6-5-7-9-16;/h5-9,17H,10-15H2,1-4H3,(H2,20,21,22);1H. The second-order valence-electron chi connectivity index (χ2n) is 7.52. The van der Waals surface area contributed by atoms with Crippen LogP contribution in [0.1, 0.15) is 32.8 Å². The van der Waals surface area contributed by atoms with Crippen molar-refractivity contribution in [1.82, 2.24) is 15.5 Å². The van der Waals surface area contributed by atoms with Gasteiger partial charge in [0.25, 0.3) is 0 Å². The van der Waals surface area contributed by atoms with Crippen molar-refractivity contribution < 1.29 is 0 Å². The third-order valence-corrected chi connectivity index (χ3v) is 4.20. The quantitative estimate of drug-likeness (QED) is 0.417. The van der Waals surface area contributed by atoms with Gasteiger partial charge in [-0.15, -0.1) is 24.0 Å². The normalized spacial score (nSPS) is 19.0. The summed E-state index contributed by atoms with van der Waals surface area (Å²) in [7, 11) is 1.84. The van der Waals surface area contributed by atoms with Crippen LogP contribution in [0.4, 0.5) is 0 Å². The van der Waals surface area contributed by atoms with Crippen molar-refractivity contribution in [1.29, 1.82) is 0 Å². The average Bonchev–Trinajstić information content (AvgIpc) is 2.97. The third kappa shape index (κ3) is 7.83. The van der Waals surface area contributed by atoms with Gasteiger partial charge in [-0.25, -0.2) is 0 Å². The van der Waals surface area contributed by atoms with Gasteiger partial charge in [-0.2, -0.15) is 0 Å². The number of hydrogen-bond acceptors (Lipinski definition) is 2. The Morgan fingerprint density at radius 1 is 1.25 bits per heavy atom. The van der Waals surface area contributed by atoms with Crippen molar-refractivity contribution in [2.45, 2.75) is 39.2 Å². The molecule has 0 aromatic heterocycles. The fourth-order valence-electron chi connectivity index (χ4n) is 2.99. The van der Waals surface area contributed by atoms with Gasteiger partial charge in [0.15, 0.2) is 5.96 Å². The van der Waals surface area contributed by atoms with Crippen LogP contribution in [0.5, 0.6) is 0 Å². The first-order chi connectivity index (χ1) is 11.0. The molecule has 0 radical (unpaired) electrons. The van der Waals surface area contributed by atoms with E-state index in [1.165, 1.54) is 25.1 Å². The zero-order valence-electron chi connectivity index (χ0n) is 15.5. The second-order valence-corrected chi connectivity index (χ2v) is 7.52. The molecule has 0 bridgehead atoms. The zero-order chi connectivity index (χ0) is 16.7. The molecule has 136 valence electrons. The van der Waals surface area contributed by atoms with E-state index in [0.717, 1.165) is 25.5 Å². The van der Waals surface area contributed by atoms with E-state index in [4.69, 9.17) is 0 Å². The van der Waals surface area contributed by atoms with Crippen molar-refractivity contribution in [2.75, 3.05) is 33.2 Å². The highest BCUT2D eigenvalue weighted by molar-refractivity contribution is 14.0. The molecule has 24 heavy (non-hydrogen) atoms. The molecule has 1 saturated heterocycles. The Morgan fingerprint density at radius 3 is 2.58 bits per heavy atom. The summed E-state index contributed by atoms with van der Waals surface area (Å²) in [5, 5.41) is 6.89. The Bertz CT molecular complexity index is 496. The van der Waals surface area contributed by atoms with E-state index >= 15 is 0 Å². The summed E-state index contributed by atoms with van der Waals surface area (Å²) in [5.41, 5.74) is 1.48. The number of hydrogen-bond donors (Lipinski definition) is 2. The van der Waals surface area contributed by atoms with E-state index in [-0.39, 0.29) is 29.5 Å². The van der Waals surface area contributed by atoms with Gasteiger partial charge in [0.05, 0.1) is 0 Å². The van der Waals surface area contributed by atoms with Gasteiger partial charge in [-0.3, -0.25) is 4.99 Å². The molecule has 2 rings (SSSR count). The number of aliphatic imine (C=N–C) groups is 1. The molecule has 2 N–H and O–H groups in total. The Kier molecular flexibility index (Phi) is 9.05. The maximum absolute atomic E-state index is 4.31. The minimum absolute atomic E-state index is 0. The summed E-state index contributed by atoms with van der Waals surface area (Å²) in [6.45, 7) is 11.0. The van der Waals surface area contributed by atoms with E-state index in [2.05, 4.69) is 71.6 Å². The molecule has 1 aliphatic heterocycles. The van der Waals surface area contributed by atoms with Gasteiger partial charge in [0.2, 0.25) is 0 Å². The molecule has 0 aliphatic carbocycles. The number of rotatable bonds is 5. The number of likely N-dealkylation sites (tertiary alicyclic amines) is 1. The first-order valence-electron chi connectivity index (χ1n) is 8.71. The van der Waals surface area contributed by atoms with Gasteiger partial charge in [-0.05, 0) is 51.6 Å². The molecular weight excluding hydrogens is 411 g/mol. The van der Waals surface area contributed by atoms with Crippen molar-refractivity contribution >= 4 is 29.9 Å².